The predicted octanol–water partition coefficient (Wildman–Crippen LogP) is 2.53. The molecule has 1 amide bonds. The Morgan fingerprint density at radius 1 is 1.25 bits per heavy atom. The Morgan fingerprint density at radius 2 is 2.04 bits per heavy atom. The number of benzene rings is 2. The van der Waals surface area contributed by atoms with Crippen LogP contribution in [0.15, 0.2) is 53.7 Å². The summed E-state index contributed by atoms with van der Waals surface area (Å²) in [5.41, 5.74) is 1.23. The highest BCUT2D eigenvalue weighted by atomic mass is 32.2. The van der Waals surface area contributed by atoms with Gasteiger partial charge in [0.2, 0.25) is 11.1 Å². The molecular formula is C19H18FN5O2S. The molecule has 0 saturated carbocycles. The Hall–Kier alpha value is -3.07. The number of carbonyl (C=O) groups is 1. The summed E-state index contributed by atoms with van der Waals surface area (Å²) in [6, 6.07) is 13.8. The summed E-state index contributed by atoms with van der Waals surface area (Å²) in [6.07, 6.45) is 0.706. The van der Waals surface area contributed by atoms with Gasteiger partial charge >= 0.3 is 0 Å². The van der Waals surface area contributed by atoms with Crippen LogP contribution in [0.3, 0.4) is 0 Å². The fourth-order valence-electron chi connectivity index (χ4n) is 3.06. The van der Waals surface area contributed by atoms with Gasteiger partial charge in [-0.05, 0) is 18.2 Å². The van der Waals surface area contributed by atoms with Crippen molar-refractivity contribution in [1.29, 1.82) is 0 Å². The first-order valence-electron chi connectivity index (χ1n) is 8.73. The average molecular weight is 399 g/mol. The number of hydrogen-bond acceptors (Lipinski definition) is 6. The van der Waals surface area contributed by atoms with Crippen LogP contribution in [-0.4, -0.2) is 33.1 Å². The summed E-state index contributed by atoms with van der Waals surface area (Å²) in [6.45, 7) is 0.554. The number of amides is 1. The Bertz CT molecular complexity index is 1010. The molecule has 2 aromatic carbocycles. The molecule has 0 bridgehead atoms. The maximum Gasteiger partial charge on any atom is 0.230 e. The van der Waals surface area contributed by atoms with Crippen LogP contribution < -0.4 is 15.9 Å². The van der Waals surface area contributed by atoms with Crippen LogP contribution in [0.1, 0.15) is 18.0 Å². The van der Waals surface area contributed by atoms with Gasteiger partial charge in [0, 0.05) is 12.0 Å². The third-order valence-electron chi connectivity index (χ3n) is 4.41. The van der Waals surface area contributed by atoms with Crippen LogP contribution in [0.2, 0.25) is 0 Å². The zero-order valence-corrected chi connectivity index (χ0v) is 15.7. The minimum absolute atomic E-state index is 0.0947. The maximum absolute atomic E-state index is 13.9. The summed E-state index contributed by atoms with van der Waals surface area (Å²) in [4.78, 5) is 12.4. The van der Waals surface area contributed by atoms with E-state index in [-0.39, 0.29) is 29.1 Å². The fourth-order valence-corrected chi connectivity index (χ4v) is 3.73. The summed E-state index contributed by atoms with van der Waals surface area (Å²) in [5.74, 6) is 6.53. The molecule has 1 atom stereocenters. The lowest BCUT2D eigenvalue weighted by Crippen LogP contribution is -2.33. The van der Waals surface area contributed by atoms with Crippen LogP contribution >= 0.6 is 11.8 Å². The van der Waals surface area contributed by atoms with E-state index in [4.69, 9.17) is 10.6 Å². The van der Waals surface area contributed by atoms with E-state index >= 15 is 0 Å². The molecule has 3 aromatic rings. The molecule has 0 fully saturated rings. The molecule has 9 heteroatoms. The number of para-hydroxylation sites is 1. The second-order valence-electron chi connectivity index (χ2n) is 6.24. The molecule has 7 nitrogen and oxygen atoms in total. The largest absolute Gasteiger partial charge is 0.493 e. The maximum atomic E-state index is 13.9. The minimum atomic E-state index is -0.436. The zero-order chi connectivity index (χ0) is 19.5. The lowest BCUT2D eigenvalue weighted by Gasteiger charge is -2.26. The molecule has 1 aliphatic rings. The Balaban J connectivity index is 1.41. The number of nitrogen functional groups attached to an aromatic ring is 1. The van der Waals surface area contributed by atoms with Crippen molar-refractivity contribution < 1.29 is 13.9 Å². The summed E-state index contributed by atoms with van der Waals surface area (Å²) < 4.78 is 20.7. The van der Waals surface area contributed by atoms with Crippen molar-refractivity contribution in [3.63, 3.8) is 0 Å². The van der Waals surface area contributed by atoms with Crippen molar-refractivity contribution in [2.24, 2.45) is 0 Å². The number of nitrogens with one attached hydrogen (secondary N) is 1. The third-order valence-corrected chi connectivity index (χ3v) is 5.35. The molecule has 144 valence electrons. The summed E-state index contributed by atoms with van der Waals surface area (Å²) in [7, 11) is 0. The highest BCUT2D eigenvalue weighted by molar-refractivity contribution is 7.99. The molecule has 3 N–H and O–H groups in total. The molecule has 0 aliphatic carbocycles. The molecule has 0 spiro atoms. The second-order valence-corrected chi connectivity index (χ2v) is 7.18. The van der Waals surface area contributed by atoms with Crippen molar-refractivity contribution >= 4 is 17.7 Å². The van der Waals surface area contributed by atoms with Crippen LogP contribution in [0.25, 0.3) is 11.4 Å². The van der Waals surface area contributed by atoms with E-state index in [2.05, 4.69) is 15.5 Å². The summed E-state index contributed by atoms with van der Waals surface area (Å²) >= 11 is 1.14. The van der Waals surface area contributed by atoms with E-state index in [0.717, 1.165) is 23.1 Å². The van der Waals surface area contributed by atoms with E-state index in [0.29, 0.717) is 18.2 Å². The first kappa shape index (κ1) is 18.3. The Kier molecular flexibility index (Phi) is 5.16. The second kappa shape index (κ2) is 7.89. The van der Waals surface area contributed by atoms with Gasteiger partial charge in [-0.3, -0.25) is 4.79 Å². The number of hydrogen-bond donors (Lipinski definition) is 2. The first-order valence-corrected chi connectivity index (χ1v) is 9.71. The standard InChI is InChI=1S/C19H18FN5O2S/c20-14-7-3-1-5-12(14)18-23-24-19(25(18)21)28-11-17(26)22-15-9-10-27-16-8-4-2-6-13(15)16/h1-8,15H,9-11,21H2,(H,22,26). The van der Waals surface area contributed by atoms with Crippen molar-refractivity contribution in [2.45, 2.75) is 17.6 Å². The molecule has 1 aliphatic heterocycles. The number of rotatable bonds is 5. The lowest BCUT2D eigenvalue weighted by molar-refractivity contribution is -0.119. The highest BCUT2D eigenvalue weighted by Gasteiger charge is 2.23. The third kappa shape index (κ3) is 3.65. The van der Waals surface area contributed by atoms with Crippen LogP contribution in [-0.2, 0) is 4.79 Å². The van der Waals surface area contributed by atoms with Gasteiger partial charge in [-0.25, -0.2) is 9.07 Å². The van der Waals surface area contributed by atoms with Crippen LogP contribution in [0.4, 0.5) is 4.39 Å². The SMILES string of the molecule is Nn1c(SCC(=O)NC2CCOc3ccccc32)nnc1-c1ccccc1F. The molecule has 4 rings (SSSR count). The van der Waals surface area contributed by atoms with E-state index in [1.54, 1.807) is 18.2 Å². The van der Waals surface area contributed by atoms with Crippen molar-refractivity contribution in [3.8, 4) is 17.1 Å². The Morgan fingerprint density at radius 3 is 2.89 bits per heavy atom. The van der Waals surface area contributed by atoms with Crippen molar-refractivity contribution in [3.05, 3.63) is 59.9 Å². The molecule has 1 aromatic heterocycles. The van der Waals surface area contributed by atoms with Gasteiger partial charge in [-0.1, -0.05) is 42.1 Å². The number of fused-ring (bicyclic) bond motifs is 1. The molecule has 1 unspecified atom stereocenters. The van der Waals surface area contributed by atoms with Crippen LogP contribution in [0, 0.1) is 5.82 Å². The monoisotopic (exact) mass is 399 g/mol. The van der Waals surface area contributed by atoms with Gasteiger partial charge in [-0.2, -0.15) is 0 Å². The first-order chi connectivity index (χ1) is 13.6. The van der Waals surface area contributed by atoms with Gasteiger partial charge in [0.25, 0.3) is 0 Å². The molecule has 0 saturated heterocycles. The predicted molar refractivity (Wildman–Crippen MR) is 104 cm³/mol. The average Bonchev–Trinajstić information content (AvgIpc) is 3.07. The number of nitrogens with two attached hydrogens (primary N) is 1. The van der Waals surface area contributed by atoms with Crippen molar-refractivity contribution in [2.75, 3.05) is 18.2 Å². The van der Waals surface area contributed by atoms with Crippen molar-refractivity contribution in [1.82, 2.24) is 20.2 Å². The van der Waals surface area contributed by atoms with Gasteiger partial charge in [0.05, 0.1) is 24.0 Å². The van der Waals surface area contributed by atoms with Crippen LogP contribution in [0.5, 0.6) is 5.75 Å². The lowest BCUT2D eigenvalue weighted by atomic mass is 10.0. The summed E-state index contributed by atoms with van der Waals surface area (Å²) in [5, 5.41) is 11.3. The zero-order valence-electron chi connectivity index (χ0n) is 14.8. The Labute approximate surface area is 165 Å². The van der Waals surface area contributed by atoms with E-state index < -0.39 is 5.82 Å². The quantitative estimate of drug-likeness (QED) is 0.506. The molecule has 2 heterocycles. The smallest absolute Gasteiger partial charge is 0.230 e. The normalized spacial score (nSPS) is 15.5. The highest BCUT2D eigenvalue weighted by Crippen LogP contribution is 2.31. The molecule has 28 heavy (non-hydrogen) atoms. The number of ether oxygens (including phenoxy) is 1. The van der Waals surface area contributed by atoms with Gasteiger partial charge in [0.15, 0.2) is 5.82 Å². The molecular weight excluding hydrogens is 381 g/mol. The van der Waals surface area contributed by atoms with Gasteiger partial charge in [0.1, 0.15) is 11.6 Å². The number of thioether (sulfide) groups is 1. The minimum Gasteiger partial charge on any atom is -0.493 e. The fraction of sp³-hybridized carbons (Fsp3) is 0.211. The van der Waals surface area contributed by atoms with Gasteiger partial charge in [-0.15, -0.1) is 10.2 Å². The topological polar surface area (TPSA) is 95.1 Å². The van der Waals surface area contributed by atoms with Gasteiger partial charge < -0.3 is 15.9 Å². The number of halogens is 1. The van der Waals surface area contributed by atoms with E-state index in [1.165, 1.54) is 10.7 Å². The number of nitrogens with zero attached hydrogens (tertiary/aromatic N) is 3. The molecule has 0 radical (unpaired) electrons. The number of carbonyl (C=O) groups excluding carboxylic acids is 1. The van der Waals surface area contributed by atoms with E-state index in [1.807, 2.05) is 24.3 Å². The number of aromatic nitrogens is 3. The van der Waals surface area contributed by atoms with E-state index in [9.17, 15) is 9.18 Å².